The predicted molar refractivity (Wildman–Crippen MR) is 48.9 cm³/mol. The number of carbonyl (C=O) groups is 1. The van der Waals surface area contributed by atoms with Crippen molar-refractivity contribution in [3.8, 4) is 0 Å². The van der Waals surface area contributed by atoms with Crippen LogP contribution in [0.2, 0.25) is 0 Å². The monoisotopic (exact) mass is 203 g/mol. The first-order chi connectivity index (χ1) is 6.16. The highest BCUT2D eigenvalue weighted by atomic mass is 32.2. The minimum absolute atomic E-state index is 0.177. The zero-order valence-corrected chi connectivity index (χ0v) is 8.05. The Hall–Kier alpha value is -0.420. The molecule has 13 heavy (non-hydrogen) atoms. The van der Waals surface area contributed by atoms with E-state index in [0.29, 0.717) is 11.7 Å². The van der Waals surface area contributed by atoms with Crippen LogP contribution in [0.15, 0.2) is 0 Å². The Balaban J connectivity index is 1.99. The van der Waals surface area contributed by atoms with E-state index in [4.69, 9.17) is 5.11 Å². The summed E-state index contributed by atoms with van der Waals surface area (Å²) in [6.45, 7) is 0. The van der Waals surface area contributed by atoms with E-state index in [-0.39, 0.29) is 11.8 Å². The lowest BCUT2D eigenvalue weighted by Gasteiger charge is -2.27. The van der Waals surface area contributed by atoms with E-state index in [1.165, 1.54) is 0 Å². The van der Waals surface area contributed by atoms with Gasteiger partial charge in [-0.25, -0.2) is 0 Å². The summed E-state index contributed by atoms with van der Waals surface area (Å²) in [4.78, 5) is 10.7. The molecule has 0 bridgehead atoms. The van der Waals surface area contributed by atoms with Crippen molar-refractivity contribution in [2.45, 2.75) is 24.9 Å². The maximum atomic E-state index is 11.3. The van der Waals surface area contributed by atoms with Crippen LogP contribution in [0.5, 0.6) is 0 Å². The lowest BCUT2D eigenvalue weighted by Crippen LogP contribution is -2.54. The number of hydrogen-bond acceptors (Lipinski definition) is 3. The second kappa shape index (κ2) is 3.38. The number of nitrogens with one attached hydrogen (secondary N) is 1. The smallest absolute Gasteiger partial charge is 0.321 e. The van der Waals surface area contributed by atoms with E-state index in [0.717, 1.165) is 12.8 Å². The van der Waals surface area contributed by atoms with Crippen LogP contribution >= 0.6 is 0 Å². The molecule has 0 radical (unpaired) electrons. The van der Waals surface area contributed by atoms with Crippen molar-refractivity contribution < 1.29 is 14.1 Å². The Morgan fingerprint density at radius 2 is 2.08 bits per heavy atom. The lowest BCUT2D eigenvalue weighted by atomic mass is 10.2. The molecule has 0 aromatic rings. The van der Waals surface area contributed by atoms with Crippen LogP contribution in [0, 0.1) is 5.92 Å². The normalized spacial score (nSPS) is 40.2. The van der Waals surface area contributed by atoms with Gasteiger partial charge in [-0.3, -0.25) is 14.3 Å². The fraction of sp³-hybridized carbons (Fsp3) is 0.875. The first-order valence-corrected chi connectivity index (χ1v) is 5.99. The van der Waals surface area contributed by atoms with Crippen LogP contribution in [0.3, 0.4) is 0 Å². The molecule has 74 valence electrons. The van der Waals surface area contributed by atoms with Crippen LogP contribution in [0.1, 0.15) is 12.8 Å². The van der Waals surface area contributed by atoms with Crippen molar-refractivity contribution >= 4 is 16.8 Å². The molecular weight excluding hydrogens is 190 g/mol. The molecule has 3 atom stereocenters. The summed E-state index contributed by atoms with van der Waals surface area (Å²) in [6, 6.07) is -0.420. The fourth-order valence-corrected chi connectivity index (χ4v) is 3.24. The minimum atomic E-state index is -0.945. The van der Waals surface area contributed by atoms with Crippen LogP contribution in [-0.4, -0.2) is 38.9 Å². The predicted octanol–water partition coefficient (Wildman–Crippen LogP) is -0.430. The molecule has 2 N–H and O–H groups in total. The van der Waals surface area contributed by atoms with E-state index >= 15 is 0 Å². The van der Waals surface area contributed by atoms with Gasteiger partial charge in [-0.05, 0) is 18.8 Å². The molecule has 4 nitrogen and oxygen atoms in total. The lowest BCUT2D eigenvalue weighted by molar-refractivity contribution is -0.139. The molecule has 1 heterocycles. The maximum absolute atomic E-state index is 11.3. The van der Waals surface area contributed by atoms with E-state index in [2.05, 4.69) is 5.32 Å². The van der Waals surface area contributed by atoms with Crippen LogP contribution < -0.4 is 5.32 Å². The van der Waals surface area contributed by atoms with Crippen LogP contribution in [0.25, 0.3) is 0 Å². The van der Waals surface area contributed by atoms with Gasteiger partial charge >= 0.3 is 5.97 Å². The van der Waals surface area contributed by atoms with Crippen LogP contribution in [0.4, 0.5) is 0 Å². The maximum Gasteiger partial charge on any atom is 0.321 e. The fourth-order valence-electron chi connectivity index (χ4n) is 1.72. The standard InChI is InChI=1S/C8H13NO3S/c10-8(11)7-4-13(12)3-6(9-7)5-1-2-5/h5-7,9H,1-4H2,(H,10,11). The second-order valence-corrected chi connectivity index (χ2v) is 5.32. The highest BCUT2D eigenvalue weighted by molar-refractivity contribution is 7.85. The molecular formula is C8H13NO3S. The van der Waals surface area contributed by atoms with Crippen LogP contribution in [-0.2, 0) is 15.6 Å². The average molecular weight is 203 g/mol. The third kappa shape index (κ3) is 2.08. The molecule has 0 aromatic carbocycles. The summed E-state index contributed by atoms with van der Waals surface area (Å²) < 4.78 is 11.3. The van der Waals surface area contributed by atoms with Gasteiger partial charge in [0.25, 0.3) is 0 Å². The Morgan fingerprint density at radius 1 is 1.38 bits per heavy atom. The van der Waals surface area contributed by atoms with Crippen molar-refractivity contribution in [2.24, 2.45) is 5.92 Å². The molecule has 1 aliphatic heterocycles. The van der Waals surface area contributed by atoms with Gasteiger partial charge in [-0.2, -0.15) is 0 Å². The van der Waals surface area contributed by atoms with Crippen molar-refractivity contribution in [1.29, 1.82) is 0 Å². The number of rotatable bonds is 2. The van der Waals surface area contributed by atoms with E-state index in [1.54, 1.807) is 0 Å². The summed E-state index contributed by atoms with van der Waals surface area (Å²) in [5.74, 6) is 0.595. The van der Waals surface area contributed by atoms with Gasteiger partial charge in [0.05, 0.1) is 0 Å². The molecule has 0 amide bonds. The Morgan fingerprint density at radius 3 is 2.62 bits per heavy atom. The topological polar surface area (TPSA) is 66.4 Å². The molecule has 2 aliphatic rings. The molecule has 1 aliphatic carbocycles. The van der Waals surface area contributed by atoms with Gasteiger partial charge in [0.1, 0.15) is 6.04 Å². The van der Waals surface area contributed by atoms with Gasteiger partial charge in [-0.15, -0.1) is 0 Å². The number of aliphatic carboxylic acids is 1. The van der Waals surface area contributed by atoms with E-state index < -0.39 is 22.8 Å². The van der Waals surface area contributed by atoms with Gasteiger partial charge in [-0.1, -0.05) is 0 Å². The van der Waals surface area contributed by atoms with Gasteiger partial charge in [0.2, 0.25) is 0 Å². The van der Waals surface area contributed by atoms with Crippen molar-refractivity contribution in [2.75, 3.05) is 11.5 Å². The van der Waals surface area contributed by atoms with Gasteiger partial charge in [0, 0.05) is 28.3 Å². The van der Waals surface area contributed by atoms with Crippen molar-refractivity contribution in [3.63, 3.8) is 0 Å². The number of carboxylic acids is 1. The molecule has 1 saturated heterocycles. The first-order valence-electron chi connectivity index (χ1n) is 4.50. The van der Waals surface area contributed by atoms with Crippen molar-refractivity contribution in [3.05, 3.63) is 0 Å². The third-order valence-electron chi connectivity index (χ3n) is 2.62. The minimum Gasteiger partial charge on any atom is -0.480 e. The molecule has 5 heteroatoms. The van der Waals surface area contributed by atoms with Gasteiger partial charge < -0.3 is 5.11 Å². The van der Waals surface area contributed by atoms with E-state index in [1.807, 2.05) is 0 Å². The average Bonchev–Trinajstić information content (AvgIpc) is 2.85. The zero-order valence-electron chi connectivity index (χ0n) is 7.23. The molecule has 2 fully saturated rings. The van der Waals surface area contributed by atoms with Gasteiger partial charge in [0.15, 0.2) is 0 Å². The number of hydrogen-bond donors (Lipinski definition) is 2. The third-order valence-corrected chi connectivity index (χ3v) is 4.06. The van der Waals surface area contributed by atoms with E-state index in [9.17, 15) is 9.00 Å². The number of carboxylic acid groups (broad SMARTS) is 1. The molecule has 2 rings (SSSR count). The summed E-state index contributed by atoms with van der Waals surface area (Å²) >= 11 is 0. The zero-order chi connectivity index (χ0) is 9.42. The Labute approximate surface area is 79.2 Å². The summed E-state index contributed by atoms with van der Waals surface area (Å²) in [6.07, 6.45) is 2.31. The molecule has 0 spiro atoms. The summed E-state index contributed by atoms with van der Waals surface area (Å²) in [5, 5.41) is 11.8. The highest BCUT2D eigenvalue weighted by Gasteiger charge is 2.38. The summed E-state index contributed by atoms with van der Waals surface area (Å²) in [5.41, 5.74) is 0. The SMILES string of the molecule is O=C(O)C1CS(=O)CC(C2CC2)N1. The quantitative estimate of drug-likeness (QED) is 0.639. The Bertz CT molecular complexity index is 252. The van der Waals surface area contributed by atoms with Crippen molar-refractivity contribution in [1.82, 2.24) is 5.32 Å². The molecule has 3 unspecified atom stereocenters. The largest absolute Gasteiger partial charge is 0.480 e. The molecule has 1 saturated carbocycles. The first kappa shape index (κ1) is 9.15. The molecule has 0 aromatic heterocycles. The Kier molecular flexibility index (Phi) is 2.38. The summed E-state index contributed by atoms with van der Waals surface area (Å²) in [7, 11) is -0.945. The highest BCUT2D eigenvalue weighted by Crippen LogP contribution is 2.34. The second-order valence-electron chi connectivity index (χ2n) is 3.77.